The number of nitrogen functional groups attached to an aromatic ring is 1. The van der Waals surface area contributed by atoms with Gasteiger partial charge in [0.05, 0.1) is 6.61 Å². The third kappa shape index (κ3) is 1.54. The van der Waals surface area contributed by atoms with Gasteiger partial charge >= 0.3 is 5.97 Å². The van der Waals surface area contributed by atoms with Gasteiger partial charge in [0.2, 0.25) is 5.16 Å². The van der Waals surface area contributed by atoms with E-state index in [0.29, 0.717) is 24.0 Å². The lowest BCUT2D eigenvalue weighted by Crippen LogP contribution is -2.15. The Bertz CT molecular complexity index is 365. The summed E-state index contributed by atoms with van der Waals surface area (Å²) in [6.07, 6.45) is 0.704. The highest BCUT2D eigenvalue weighted by atomic mass is 32.2. The summed E-state index contributed by atoms with van der Waals surface area (Å²) in [4.78, 5) is 11.2. The molecule has 2 rings (SSSR count). The Kier molecular flexibility index (Phi) is 2.32. The number of hydrogen-bond donors (Lipinski definition) is 1. The fraction of sp³-hybridized carbons (Fsp3) is 0.571. The molecular weight excluding hydrogens is 204 g/mol. The van der Waals surface area contributed by atoms with E-state index >= 15 is 0 Å². The first kappa shape index (κ1) is 9.32. The molecule has 0 amide bonds. The van der Waals surface area contributed by atoms with Crippen LogP contribution in [0.5, 0.6) is 0 Å². The molecular formula is C7H10N4O2S. The number of carbonyl (C=O) groups excluding carboxylic acids is 1. The summed E-state index contributed by atoms with van der Waals surface area (Å²) in [7, 11) is 0. The van der Waals surface area contributed by atoms with Gasteiger partial charge in [-0.15, -0.1) is 10.2 Å². The molecule has 7 heteroatoms. The second-order valence-corrected chi connectivity index (χ2v) is 4.13. The molecule has 0 unspecified atom stereocenters. The Morgan fingerprint density at radius 2 is 2.43 bits per heavy atom. The third-order valence-electron chi connectivity index (χ3n) is 1.97. The lowest BCUT2D eigenvalue weighted by Gasteiger charge is -2.03. The lowest BCUT2D eigenvalue weighted by atomic mass is 10.4. The molecule has 2 N–H and O–H groups in total. The van der Waals surface area contributed by atoms with Crippen LogP contribution in [0.1, 0.15) is 12.2 Å². The number of nitrogens with two attached hydrogens (primary N) is 1. The Morgan fingerprint density at radius 1 is 1.64 bits per heavy atom. The first-order valence-electron chi connectivity index (χ1n) is 4.19. The summed E-state index contributed by atoms with van der Waals surface area (Å²) in [5.41, 5.74) is 0. The van der Waals surface area contributed by atoms with Gasteiger partial charge < -0.3 is 10.6 Å². The van der Waals surface area contributed by atoms with Crippen LogP contribution in [0, 0.1) is 6.92 Å². The molecule has 0 bridgehead atoms. The number of cyclic esters (lactones) is 1. The molecule has 1 aromatic heterocycles. The predicted octanol–water partition coefficient (Wildman–Crippen LogP) is -0.292. The molecule has 76 valence electrons. The average molecular weight is 214 g/mol. The topological polar surface area (TPSA) is 83.0 Å². The van der Waals surface area contributed by atoms with E-state index in [1.807, 2.05) is 0 Å². The van der Waals surface area contributed by atoms with Crippen molar-refractivity contribution < 1.29 is 9.53 Å². The molecule has 6 nitrogen and oxygen atoms in total. The minimum absolute atomic E-state index is 0.194. The second-order valence-electron chi connectivity index (χ2n) is 2.96. The Balaban J connectivity index is 2.10. The highest BCUT2D eigenvalue weighted by molar-refractivity contribution is 8.00. The molecule has 2 heterocycles. The van der Waals surface area contributed by atoms with E-state index in [-0.39, 0.29) is 11.2 Å². The zero-order chi connectivity index (χ0) is 10.1. The van der Waals surface area contributed by atoms with Gasteiger partial charge in [0, 0.05) is 6.42 Å². The van der Waals surface area contributed by atoms with Crippen molar-refractivity contribution in [3.05, 3.63) is 5.82 Å². The van der Waals surface area contributed by atoms with Gasteiger partial charge in [0.15, 0.2) is 0 Å². The molecule has 0 radical (unpaired) electrons. The zero-order valence-corrected chi connectivity index (χ0v) is 8.45. The average Bonchev–Trinajstić information content (AvgIpc) is 2.68. The number of rotatable bonds is 2. The van der Waals surface area contributed by atoms with Crippen molar-refractivity contribution >= 4 is 17.7 Å². The quantitative estimate of drug-likeness (QED) is 0.538. The number of ether oxygens (including phenoxy) is 1. The molecule has 1 aliphatic rings. The number of carbonyl (C=O) groups is 1. The minimum Gasteiger partial charge on any atom is -0.465 e. The first-order chi connectivity index (χ1) is 6.68. The van der Waals surface area contributed by atoms with E-state index in [0.717, 1.165) is 0 Å². The molecule has 0 saturated carbocycles. The van der Waals surface area contributed by atoms with Crippen molar-refractivity contribution in [3.63, 3.8) is 0 Å². The van der Waals surface area contributed by atoms with Crippen LogP contribution in [0.4, 0.5) is 0 Å². The Morgan fingerprint density at radius 3 is 2.93 bits per heavy atom. The number of aromatic nitrogens is 3. The Hall–Kier alpha value is -1.24. The van der Waals surface area contributed by atoms with Crippen molar-refractivity contribution in [3.8, 4) is 0 Å². The SMILES string of the molecule is Cc1nnc(S[C@H]2CCOC2=O)n1N. The van der Waals surface area contributed by atoms with Crippen molar-refractivity contribution in [2.24, 2.45) is 0 Å². The minimum atomic E-state index is -0.198. The van der Waals surface area contributed by atoms with Crippen molar-refractivity contribution in [2.75, 3.05) is 12.4 Å². The maximum atomic E-state index is 11.2. The summed E-state index contributed by atoms with van der Waals surface area (Å²) in [5.74, 6) is 6.07. The normalized spacial score (nSPS) is 21.2. The molecule has 1 aromatic rings. The van der Waals surface area contributed by atoms with Gasteiger partial charge in [-0.1, -0.05) is 11.8 Å². The molecule has 1 saturated heterocycles. The number of esters is 1. The number of thioether (sulfide) groups is 1. The van der Waals surface area contributed by atoms with E-state index in [2.05, 4.69) is 10.2 Å². The molecule has 1 fully saturated rings. The van der Waals surface area contributed by atoms with E-state index in [1.165, 1.54) is 16.4 Å². The van der Waals surface area contributed by atoms with Gasteiger partial charge in [-0.25, -0.2) is 4.68 Å². The smallest absolute Gasteiger partial charge is 0.319 e. The second kappa shape index (κ2) is 3.49. The first-order valence-corrected chi connectivity index (χ1v) is 5.07. The largest absolute Gasteiger partial charge is 0.465 e. The van der Waals surface area contributed by atoms with Crippen LogP contribution in [0.25, 0.3) is 0 Å². The van der Waals surface area contributed by atoms with E-state index < -0.39 is 0 Å². The van der Waals surface area contributed by atoms with Gasteiger partial charge in [-0.3, -0.25) is 4.79 Å². The summed E-state index contributed by atoms with van der Waals surface area (Å²) in [6.45, 7) is 2.23. The predicted molar refractivity (Wildman–Crippen MR) is 50.1 cm³/mol. The van der Waals surface area contributed by atoms with Crippen molar-refractivity contribution in [2.45, 2.75) is 23.8 Å². The third-order valence-corrected chi connectivity index (χ3v) is 3.17. The van der Waals surface area contributed by atoms with E-state index in [1.54, 1.807) is 6.92 Å². The summed E-state index contributed by atoms with van der Waals surface area (Å²) in [6, 6.07) is 0. The monoisotopic (exact) mass is 214 g/mol. The molecule has 0 aliphatic carbocycles. The van der Waals surface area contributed by atoms with Crippen LogP contribution in [0.3, 0.4) is 0 Å². The fourth-order valence-electron chi connectivity index (χ4n) is 1.14. The highest BCUT2D eigenvalue weighted by Crippen LogP contribution is 2.27. The standard InChI is InChI=1S/C7H10N4O2S/c1-4-9-10-7(11(4)8)14-5-2-3-13-6(5)12/h5H,2-3,8H2,1H3/t5-/m0/s1. The van der Waals surface area contributed by atoms with Crippen LogP contribution >= 0.6 is 11.8 Å². The van der Waals surface area contributed by atoms with Gasteiger partial charge in [-0.05, 0) is 6.92 Å². The summed E-state index contributed by atoms with van der Waals surface area (Å²) >= 11 is 1.30. The number of hydrogen-bond acceptors (Lipinski definition) is 6. The van der Waals surface area contributed by atoms with Crippen LogP contribution in [-0.2, 0) is 9.53 Å². The van der Waals surface area contributed by atoms with Crippen LogP contribution in [0.15, 0.2) is 5.16 Å². The molecule has 1 aliphatic heterocycles. The molecule has 0 aromatic carbocycles. The van der Waals surface area contributed by atoms with E-state index in [9.17, 15) is 4.79 Å². The van der Waals surface area contributed by atoms with Gasteiger partial charge in [0.1, 0.15) is 11.1 Å². The van der Waals surface area contributed by atoms with Crippen molar-refractivity contribution in [1.82, 2.24) is 14.9 Å². The fourth-order valence-corrected chi connectivity index (χ4v) is 2.11. The van der Waals surface area contributed by atoms with Crippen LogP contribution in [-0.4, -0.2) is 32.7 Å². The maximum absolute atomic E-state index is 11.2. The van der Waals surface area contributed by atoms with Gasteiger partial charge in [0.25, 0.3) is 0 Å². The maximum Gasteiger partial charge on any atom is 0.319 e. The Labute approximate surface area is 84.8 Å². The van der Waals surface area contributed by atoms with Crippen LogP contribution in [0.2, 0.25) is 0 Å². The summed E-state index contributed by atoms with van der Waals surface area (Å²) in [5, 5.41) is 8.01. The van der Waals surface area contributed by atoms with Gasteiger partial charge in [-0.2, -0.15) is 0 Å². The molecule has 14 heavy (non-hydrogen) atoms. The zero-order valence-electron chi connectivity index (χ0n) is 7.64. The van der Waals surface area contributed by atoms with E-state index in [4.69, 9.17) is 10.6 Å². The molecule has 0 spiro atoms. The number of aryl methyl sites for hydroxylation is 1. The van der Waals surface area contributed by atoms with Crippen molar-refractivity contribution in [1.29, 1.82) is 0 Å². The number of nitrogens with zero attached hydrogens (tertiary/aromatic N) is 3. The molecule has 1 atom stereocenters. The van der Waals surface area contributed by atoms with Crippen LogP contribution < -0.4 is 5.84 Å². The highest BCUT2D eigenvalue weighted by Gasteiger charge is 2.29. The lowest BCUT2D eigenvalue weighted by molar-refractivity contribution is -0.137. The summed E-state index contributed by atoms with van der Waals surface area (Å²) < 4.78 is 6.20.